The average molecular weight is 528 g/mol. The highest BCUT2D eigenvalue weighted by atomic mass is 32.1. The van der Waals surface area contributed by atoms with Gasteiger partial charge in [-0.15, -0.1) is 11.3 Å². The van der Waals surface area contributed by atoms with E-state index >= 15 is 0 Å². The molecule has 0 amide bonds. The molecule has 3 heterocycles. The smallest absolute Gasteiger partial charge is 0.235 e. The molecule has 0 saturated heterocycles. The third-order valence-electron chi connectivity index (χ3n) is 7.99. The first kappa shape index (κ1) is 21.8. The van der Waals surface area contributed by atoms with Gasteiger partial charge in [-0.3, -0.25) is 4.57 Å². The van der Waals surface area contributed by atoms with Crippen LogP contribution in [0.4, 0.5) is 0 Å². The Morgan fingerprint density at radius 2 is 1.25 bits per heavy atom. The summed E-state index contributed by atoms with van der Waals surface area (Å²) >= 11 is 1.88. The number of thiophene rings is 1. The van der Waals surface area contributed by atoms with Crippen LogP contribution in [0.15, 0.2) is 127 Å². The number of nitrogens with zero attached hydrogens (tertiary/aromatic N) is 3. The maximum Gasteiger partial charge on any atom is 0.235 e. The molecule has 0 unspecified atom stereocenters. The molecule has 40 heavy (non-hydrogen) atoms. The van der Waals surface area contributed by atoms with E-state index in [-0.39, 0.29) is 0 Å². The molecule has 186 valence electrons. The van der Waals surface area contributed by atoms with Crippen molar-refractivity contribution in [2.45, 2.75) is 0 Å². The van der Waals surface area contributed by atoms with Crippen LogP contribution in [-0.4, -0.2) is 14.5 Å². The van der Waals surface area contributed by atoms with Gasteiger partial charge < -0.3 is 0 Å². The van der Waals surface area contributed by atoms with E-state index in [0.717, 1.165) is 33.2 Å². The minimum absolute atomic E-state index is 0.688. The van der Waals surface area contributed by atoms with E-state index in [1.807, 2.05) is 23.5 Å². The Hall–Kier alpha value is -5.06. The molecule has 3 nitrogen and oxygen atoms in total. The summed E-state index contributed by atoms with van der Waals surface area (Å²) in [4.78, 5) is 10.4. The van der Waals surface area contributed by atoms with Gasteiger partial charge in [0, 0.05) is 41.9 Å². The van der Waals surface area contributed by atoms with Crippen molar-refractivity contribution in [1.82, 2.24) is 14.5 Å². The molecule has 4 heteroatoms. The topological polar surface area (TPSA) is 30.7 Å². The Kier molecular flexibility index (Phi) is 4.48. The van der Waals surface area contributed by atoms with E-state index < -0.39 is 0 Å². The Labute approximate surface area is 233 Å². The third-order valence-corrected chi connectivity index (χ3v) is 9.20. The van der Waals surface area contributed by atoms with Crippen LogP contribution in [0.3, 0.4) is 0 Å². The summed E-state index contributed by atoms with van der Waals surface area (Å²) in [6.07, 6.45) is 0. The molecule has 0 spiro atoms. The van der Waals surface area contributed by atoms with Crippen LogP contribution in [0.2, 0.25) is 0 Å². The summed E-state index contributed by atoms with van der Waals surface area (Å²) in [5.41, 5.74) is 5.20. The fourth-order valence-electron chi connectivity index (χ4n) is 6.16. The van der Waals surface area contributed by atoms with Crippen LogP contribution in [0.5, 0.6) is 0 Å². The molecule has 0 N–H and O–H groups in total. The minimum Gasteiger partial charge on any atom is -0.278 e. The molecular weight excluding hydrogens is 506 g/mol. The van der Waals surface area contributed by atoms with Gasteiger partial charge in [0.2, 0.25) is 5.95 Å². The molecule has 0 aliphatic rings. The van der Waals surface area contributed by atoms with Crippen molar-refractivity contribution >= 4 is 75.0 Å². The lowest BCUT2D eigenvalue weighted by molar-refractivity contribution is 1.01. The van der Waals surface area contributed by atoms with Gasteiger partial charge in [-0.05, 0) is 35.0 Å². The first-order valence-electron chi connectivity index (χ1n) is 13.4. The SMILES string of the molecule is c1ccc(-c2nc(-n3c4ccccc4c4cc5sc6c7ccccc7ccc6c5cc43)nc3ccccc23)cc1. The van der Waals surface area contributed by atoms with Crippen LogP contribution >= 0.6 is 11.3 Å². The maximum absolute atomic E-state index is 5.24. The first-order chi connectivity index (χ1) is 19.8. The largest absolute Gasteiger partial charge is 0.278 e. The number of aromatic nitrogens is 3. The molecule has 0 aliphatic carbocycles. The van der Waals surface area contributed by atoms with Crippen LogP contribution in [-0.2, 0) is 0 Å². The molecule has 3 aromatic heterocycles. The van der Waals surface area contributed by atoms with Gasteiger partial charge >= 0.3 is 0 Å². The van der Waals surface area contributed by atoms with Crippen molar-refractivity contribution in [2.75, 3.05) is 0 Å². The van der Waals surface area contributed by atoms with Gasteiger partial charge in [0.1, 0.15) is 0 Å². The van der Waals surface area contributed by atoms with Gasteiger partial charge in [-0.2, -0.15) is 0 Å². The van der Waals surface area contributed by atoms with Crippen molar-refractivity contribution < 1.29 is 0 Å². The molecule has 0 fully saturated rings. The van der Waals surface area contributed by atoms with Crippen molar-refractivity contribution in [1.29, 1.82) is 0 Å². The summed E-state index contributed by atoms with van der Waals surface area (Å²) < 4.78 is 4.88. The third kappa shape index (κ3) is 3.05. The second-order valence-corrected chi connectivity index (χ2v) is 11.3. The second kappa shape index (κ2) is 8.22. The highest BCUT2D eigenvalue weighted by Crippen LogP contribution is 2.42. The standard InChI is InChI=1S/C36H21N3S/c1-2-11-23(12-3-1)34-27-15-6-8-16-30(27)37-36(38-34)39-31-17-9-7-14-25(31)28-21-33-29(20-32(28)39)26-19-18-22-10-4-5-13-24(22)35(26)40-33/h1-21H. The van der Waals surface area contributed by atoms with E-state index in [9.17, 15) is 0 Å². The number of hydrogen-bond donors (Lipinski definition) is 0. The summed E-state index contributed by atoms with van der Waals surface area (Å²) in [5.74, 6) is 0.688. The highest BCUT2D eigenvalue weighted by molar-refractivity contribution is 7.26. The van der Waals surface area contributed by atoms with Crippen LogP contribution < -0.4 is 0 Å². The number of benzene rings is 6. The zero-order valence-corrected chi connectivity index (χ0v) is 22.2. The second-order valence-electron chi connectivity index (χ2n) is 10.2. The number of para-hydroxylation sites is 2. The predicted molar refractivity (Wildman–Crippen MR) is 170 cm³/mol. The fraction of sp³-hybridized carbons (Fsp3) is 0. The number of hydrogen-bond acceptors (Lipinski definition) is 3. The lowest BCUT2D eigenvalue weighted by Gasteiger charge is -2.11. The number of rotatable bonds is 2. The molecule has 0 saturated carbocycles. The summed E-state index contributed by atoms with van der Waals surface area (Å²) in [5, 5.41) is 8.63. The summed E-state index contributed by atoms with van der Waals surface area (Å²) in [6.45, 7) is 0. The molecular formula is C36H21N3S. The van der Waals surface area contributed by atoms with Gasteiger partial charge in [0.15, 0.2) is 0 Å². The monoisotopic (exact) mass is 527 g/mol. The lowest BCUT2D eigenvalue weighted by atomic mass is 10.1. The quantitative estimate of drug-likeness (QED) is 0.224. The first-order valence-corrected chi connectivity index (χ1v) is 14.2. The predicted octanol–water partition coefficient (Wildman–Crippen LogP) is 9.91. The Morgan fingerprint density at radius 3 is 2.15 bits per heavy atom. The highest BCUT2D eigenvalue weighted by Gasteiger charge is 2.19. The fourth-order valence-corrected chi connectivity index (χ4v) is 7.42. The molecule has 0 aliphatic heterocycles. The van der Waals surface area contributed by atoms with Crippen LogP contribution in [0, 0.1) is 0 Å². The molecule has 6 aromatic carbocycles. The lowest BCUT2D eigenvalue weighted by Crippen LogP contribution is -2.03. The van der Waals surface area contributed by atoms with E-state index in [2.05, 4.69) is 120 Å². The Bertz CT molecular complexity index is 2430. The summed E-state index contributed by atoms with van der Waals surface area (Å²) in [6, 6.07) is 45.2. The normalized spacial score (nSPS) is 12.0. The zero-order valence-electron chi connectivity index (χ0n) is 21.4. The Morgan fingerprint density at radius 1 is 0.500 bits per heavy atom. The van der Waals surface area contributed by atoms with E-state index in [4.69, 9.17) is 9.97 Å². The zero-order chi connectivity index (χ0) is 26.2. The van der Waals surface area contributed by atoms with E-state index in [1.54, 1.807) is 0 Å². The molecule has 9 rings (SSSR count). The average Bonchev–Trinajstić information content (AvgIpc) is 3.55. The van der Waals surface area contributed by atoms with Crippen molar-refractivity contribution in [2.24, 2.45) is 0 Å². The Balaban J connectivity index is 1.41. The van der Waals surface area contributed by atoms with E-state index in [0.29, 0.717) is 5.95 Å². The van der Waals surface area contributed by atoms with Crippen molar-refractivity contribution in [3.63, 3.8) is 0 Å². The molecule has 0 radical (unpaired) electrons. The summed E-state index contributed by atoms with van der Waals surface area (Å²) in [7, 11) is 0. The molecule has 0 bridgehead atoms. The molecule has 0 atom stereocenters. The van der Waals surface area contributed by atoms with Gasteiger partial charge in [0.25, 0.3) is 0 Å². The molecule has 9 aromatic rings. The van der Waals surface area contributed by atoms with Gasteiger partial charge in [-0.25, -0.2) is 9.97 Å². The van der Waals surface area contributed by atoms with Crippen LogP contribution in [0.25, 0.3) is 80.9 Å². The maximum atomic E-state index is 5.24. The number of fused-ring (bicyclic) bond motifs is 9. The van der Waals surface area contributed by atoms with Crippen molar-refractivity contribution in [3.05, 3.63) is 127 Å². The van der Waals surface area contributed by atoms with Crippen molar-refractivity contribution in [3.8, 4) is 17.2 Å². The van der Waals surface area contributed by atoms with Crippen LogP contribution in [0.1, 0.15) is 0 Å². The van der Waals surface area contributed by atoms with Gasteiger partial charge in [-0.1, -0.05) is 103 Å². The minimum atomic E-state index is 0.688. The van der Waals surface area contributed by atoms with Gasteiger partial charge in [0.05, 0.1) is 22.2 Å². The van der Waals surface area contributed by atoms with E-state index in [1.165, 1.54) is 41.7 Å².